The lowest BCUT2D eigenvalue weighted by molar-refractivity contribution is 0.216. The highest BCUT2D eigenvalue weighted by Gasteiger charge is 2.39. The average Bonchev–Trinajstić information content (AvgIpc) is 2.46. The van der Waals surface area contributed by atoms with Crippen LogP contribution in [0.15, 0.2) is 54.8 Å². The number of hydrogen-bond donors (Lipinski definition) is 0. The molecule has 0 radical (unpaired) electrons. The van der Waals surface area contributed by atoms with E-state index in [-0.39, 0.29) is 11.1 Å². The fraction of sp³-hybridized carbons (Fsp3) is 0.500. The van der Waals surface area contributed by atoms with Gasteiger partial charge in [-0.25, -0.2) is 0 Å². The van der Waals surface area contributed by atoms with E-state index in [2.05, 4.69) is 64.7 Å². The molecular formula is C20H32O2Si. The minimum atomic E-state index is -1.87. The monoisotopic (exact) mass is 332 g/mol. The molecule has 1 rings (SSSR count). The van der Waals surface area contributed by atoms with Crippen molar-refractivity contribution in [3.8, 4) is 0 Å². The van der Waals surface area contributed by atoms with Crippen LogP contribution in [0.25, 0.3) is 0 Å². The van der Waals surface area contributed by atoms with Gasteiger partial charge >= 0.3 is 0 Å². The maximum atomic E-state index is 6.63. The van der Waals surface area contributed by atoms with Crippen LogP contribution in [-0.4, -0.2) is 21.0 Å². The molecule has 1 atom stereocenters. The van der Waals surface area contributed by atoms with Crippen molar-refractivity contribution in [1.29, 1.82) is 0 Å². The molecule has 0 aliphatic carbocycles. The van der Waals surface area contributed by atoms with Crippen LogP contribution in [0.1, 0.15) is 33.3 Å². The summed E-state index contributed by atoms with van der Waals surface area (Å²) >= 11 is 0. The van der Waals surface area contributed by atoms with Crippen LogP contribution in [0.2, 0.25) is 18.1 Å². The van der Waals surface area contributed by atoms with Gasteiger partial charge in [0.1, 0.15) is 0 Å². The maximum Gasteiger partial charge on any atom is 0.192 e. The molecule has 0 bridgehead atoms. The summed E-state index contributed by atoms with van der Waals surface area (Å²) in [5, 5.41) is 0.172. The van der Waals surface area contributed by atoms with E-state index in [4.69, 9.17) is 9.16 Å². The highest BCUT2D eigenvalue weighted by atomic mass is 28.4. The predicted octanol–water partition coefficient (Wildman–Crippen LogP) is 5.73. The van der Waals surface area contributed by atoms with E-state index in [0.717, 1.165) is 12.0 Å². The Balaban J connectivity index is 2.94. The molecule has 2 nitrogen and oxygen atoms in total. The second-order valence-corrected chi connectivity index (χ2v) is 12.1. The zero-order valence-corrected chi connectivity index (χ0v) is 16.6. The Bertz CT molecular complexity index is 512. The van der Waals surface area contributed by atoms with Gasteiger partial charge in [0.05, 0.1) is 19.0 Å². The third-order valence-electron chi connectivity index (χ3n) is 4.47. The van der Waals surface area contributed by atoms with Crippen molar-refractivity contribution in [2.75, 3.05) is 6.61 Å². The van der Waals surface area contributed by atoms with Gasteiger partial charge in [-0.1, -0.05) is 57.7 Å². The third kappa shape index (κ3) is 6.36. The summed E-state index contributed by atoms with van der Waals surface area (Å²) < 4.78 is 11.9. The van der Waals surface area contributed by atoms with E-state index in [9.17, 15) is 0 Å². The number of ether oxygens (including phenoxy) is 1. The first-order chi connectivity index (χ1) is 10.7. The maximum absolute atomic E-state index is 6.63. The number of benzene rings is 1. The minimum absolute atomic E-state index is 0.0185. The smallest absolute Gasteiger partial charge is 0.192 e. The van der Waals surface area contributed by atoms with Crippen LogP contribution in [0.3, 0.4) is 0 Å². The lowest BCUT2D eigenvalue weighted by atomic mass is 10.0. The molecule has 0 heterocycles. The summed E-state index contributed by atoms with van der Waals surface area (Å²) in [6.07, 6.45) is 4.47. The van der Waals surface area contributed by atoms with Crippen molar-refractivity contribution >= 4 is 8.32 Å². The molecule has 0 aliphatic rings. The van der Waals surface area contributed by atoms with Gasteiger partial charge in [-0.3, -0.25) is 0 Å². The lowest BCUT2D eigenvalue weighted by Gasteiger charge is -2.39. The molecule has 0 N–H and O–H groups in total. The van der Waals surface area contributed by atoms with Crippen molar-refractivity contribution in [2.45, 2.75) is 58.4 Å². The normalized spacial score (nSPS) is 14.0. The molecule has 0 saturated carbocycles. The molecule has 0 aromatic heterocycles. The van der Waals surface area contributed by atoms with Crippen LogP contribution in [0, 0.1) is 0 Å². The van der Waals surface area contributed by atoms with E-state index in [1.165, 1.54) is 5.56 Å². The summed E-state index contributed by atoms with van der Waals surface area (Å²) in [4.78, 5) is 0. The van der Waals surface area contributed by atoms with Crippen LogP contribution >= 0.6 is 0 Å². The number of hydrogen-bond acceptors (Lipinski definition) is 2. The molecule has 1 unspecified atom stereocenters. The highest BCUT2D eigenvalue weighted by molar-refractivity contribution is 6.74. The molecule has 1 aromatic carbocycles. The second kappa shape index (κ2) is 8.51. The van der Waals surface area contributed by atoms with Crippen LogP contribution in [0.5, 0.6) is 0 Å². The highest BCUT2D eigenvalue weighted by Crippen LogP contribution is 2.38. The fourth-order valence-electron chi connectivity index (χ4n) is 1.95. The summed E-state index contributed by atoms with van der Waals surface area (Å²) in [5.41, 5.74) is 2.23. The molecule has 128 valence electrons. The van der Waals surface area contributed by atoms with Crippen molar-refractivity contribution in [3.05, 3.63) is 60.4 Å². The molecule has 0 spiro atoms. The summed E-state index contributed by atoms with van der Waals surface area (Å²) in [5.74, 6) is 0. The van der Waals surface area contributed by atoms with Crippen LogP contribution in [-0.2, 0) is 15.6 Å². The van der Waals surface area contributed by atoms with E-state index in [1.54, 1.807) is 6.26 Å². The molecule has 1 aromatic rings. The third-order valence-corrected chi connectivity index (χ3v) is 8.95. The van der Waals surface area contributed by atoms with Gasteiger partial charge in [-0.05, 0) is 42.3 Å². The van der Waals surface area contributed by atoms with E-state index in [1.807, 2.05) is 19.1 Å². The molecule has 3 heteroatoms. The van der Waals surface area contributed by atoms with Crippen molar-refractivity contribution < 1.29 is 9.16 Å². The quantitative estimate of drug-likeness (QED) is 0.344. The minimum Gasteiger partial charge on any atom is -0.501 e. The van der Waals surface area contributed by atoms with E-state index < -0.39 is 8.32 Å². The predicted molar refractivity (Wildman–Crippen MR) is 102 cm³/mol. The Labute approximate surface area is 143 Å². The van der Waals surface area contributed by atoms with E-state index >= 15 is 0 Å². The van der Waals surface area contributed by atoms with Gasteiger partial charge in [0.25, 0.3) is 0 Å². The Morgan fingerprint density at radius 1 is 1.22 bits per heavy atom. The molecule has 0 fully saturated rings. The first-order valence-electron chi connectivity index (χ1n) is 8.36. The van der Waals surface area contributed by atoms with Gasteiger partial charge in [-0.2, -0.15) is 0 Å². The van der Waals surface area contributed by atoms with Gasteiger partial charge in [-0.15, -0.1) is 0 Å². The van der Waals surface area contributed by atoms with E-state index in [0.29, 0.717) is 6.61 Å². The first-order valence-corrected chi connectivity index (χ1v) is 11.3. The van der Waals surface area contributed by atoms with Gasteiger partial charge in [0.2, 0.25) is 0 Å². The molecule has 0 saturated heterocycles. The van der Waals surface area contributed by atoms with Gasteiger partial charge < -0.3 is 9.16 Å². The SMILES string of the molecule is C=C(/C=C/OCC)C(Cc1ccccc1)O[Si](C)(C)C(C)(C)C. The Hall–Kier alpha value is -1.32. The zero-order valence-electron chi connectivity index (χ0n) is 15.6. The van der Waals surface area contributed by atoms with Gasteiger partial charge in [0, 0.05) is 6.42 Å². The van der Waals surface area contributed by atoms with Crippen LogP contribution in [0.4, 0.5) is 0 Å². The number of rotatable bonds is 8. The van der Waals surface area contributed by atoms with Crippen molar-refractivity contribution in [2.24, 2.45) is 0 Å². The zero-order chi connectivity index (χ0) is 17.5. The van der Waals surface area contributed by atoms with Crippen molar-refractivity contribution in [1.82, 2.24) is 0 Å². The molecule has 0 amide bonds. The first kappa shape index (κ1) is 19.7. The standard InChI is InChI=1S/C20H32O2Si/c1-8-21-15-14-17(2)19(16-18-12-10-9-11-13-18)22-23(6,7)20(3,4)5/h9-15,19H,2,8,16H2,1,3-7H3/b15-14+. The largest absolute Gasteiger partial charge is 0.501 e. The summed E-state index contributed by atoms with van der Waals surface area (Å²) in [6.45, 7) is 18.2. The molecule has 0 aliphatic heterocycles. The summed E-state index contributed by atoms with van der Waals surface area (Å²) in [6, 6.07) is 10.5. The Morgan fingerprint density at radius 3 is 2.35 bits per heavy atom. The van der Waals surface area contributed by atoms with Crippen LogP contribution < -0.4 is 0 Å². The Morgan fingerprint density at radius 2 is 1.83 bits per heavy atom. The molecular weight excluding hydrogens is 300 g/mol. The molecule has 23 heavy (non-hydrogen) atoms. The second-order valence-electron chi connectivity index (χ2n) is 7.39. The fourth-order valence-corrected chi connectivity index (χ4v) is 3.25. The lowest BCUT2D eigenvalue weighted by Crippen LogP contribution is -2.44. The topological polar surface area (TPSA) is 18.5 Å². The van der Waals surface area contributed by atoms with Gasteiger partial charge in [0.15, 0.2) is 8.32 Å². The average molecular weight is 333 g/mol. The Kier molecular flexibility index (Phi) is 7.29. The summed E-state index contributed by atoms with van der Waals surface area (Å²) in [7, 11) is -1.87. The van der Waals surface area contributed by atoms with Crippen molar-refractivity contribution in [3.63, 3.8) is 0 Å².